The number of fused-ring (bicyclic) bond motifs is 3. The minimum atomic E-state index is -0.0688. The Kier molecular flexibility index (Phi) is 6.21. The minimum Gasteiger partial charge on any atom is -0.381 e. The van der Waals surface area contributed by atoms with Crippen LogP contribution in [-0.2, 0) is 15.9 Å². The number of amides is 1. The number of aromatic nitrogens is 3. The smallest absolute Gasteiger partial charge is 0.272 e. The van der Waals surface area contributed by atoms with E-state index in [2.05, 4.69) is 11.1 Å². The molecule has 184 valence electrons. The number of benzene rings is 2. The summed E-state index contributed by atoms with van der Waals surface area (Å²) in [5, 5.41) is 2.66. The molecule has 8 nitrogen and oxygen atoms in total. The molecule has 2 fully saturated rings. The molecular formula is C28H28N4O4. The van der Waals surface area contributed by atoms with Crippen molar-refractivity contribution in [3.05, 3.63) is 82.2 Å². The van der Waals surface area contributed by atoms with Crippen LogP contribution in [0.5, 0.6) is 0 Å². The van der Waals surface area contributed by atoms with Gasteiger partial charge in [-0.15, -0.1) is 0 Å². The van der Waals surface area contributed by atoms with Gasteiger partial charge in [-0.1, -0.05) is 30.3 Å². The average Bonchev–Trinajstić information content (AvgIpc) is 2.95. The van der Waals surface area contributed by atoms with Crippen molar-refractivity contribution >= 4 is 27.6 Å². The van der Waals surface area contributed by atoms with Gasteiger partial charge in [0.05, 0.1) is 30.4 Å². The van der Waals surface area contributed by atoms with Crippen LogP contribution < -0.4 is 5.56 Å². The number of carbonyl (C=O) groups excluding carboxylic acids is 1. The SMILES string of the molecule is O=C(c1ccc(Cc2cc3c(=O)n(C4CCOCC4)cnc3c3ccccc23)cn1)N1CCOCC1. The number of hydrogen-bond donors (Lipinski definition) is 0. The van der Waals surface area contributed by atoms with Gasteiger partial charge in [0.2, 0.25) is 0 Å². The molecule has 36 heavy (non-hydrogen) atoms. The highest BCUT2D eigenvalue weighted by molar-refractivity contribution is 6.06. The van der Waals surface area contributed by atoms with E-state index in [9.17, 15) is 9.59 Å². The third kappa shape index (κ3) is 4.27. The second-order valence-corrected chi connectivity index (χ2v) is 9.41. The lowest BCUT2D eigenvalue weighted by Gasteiger charge is -2.26. The van der Waals surface area contributed by atoms with Gasteiger partial charge in [-0.25, -0.2) is 4.98 Å². The van der Waals surface area contributed by atoms with Crippen LogP contribution in [0, 0.1) is 0 Å². The van der Waals surface area contributed by atoms with Crippen molar-refractivity contribution in [1.29, 1.82) is 0 Å². The molecule has 2 aliphatic rings. The van der Waals surface area contributed by atoms with Crippen molar-refractivity contribution in [2.45, 2.75) is 25.3 Å². The monoisotopic (exact) mass is 484 g/mol. The van der Waals surface area contributed by atoms with Gasteiger partial charge in [0, 0.05) is 43.9 Å². The van der Waals surface area contributed by atoms with Crippen LogP contribution in [0.3, 0.4) is 0 Å². The van der Waals surface area contributed by atoms with E-state index >= 15 is 0 Å². The first-order valence-electron chi connectivity index (χ1n) is 12.5. The molecule has 0 unspecified atom stereocenters. The van der Waals surface area contributed by atoms with E-state index < -0.39 is 0 Å². The molecule has 0 aliphatic carbocycles. The predicted octanol–water partition coefficient (Wildman–Crippen LogP) is 3.36. The number of morpholine rings is 1. The summed E-state index contributed by atoms with van der Waals surface area (Å²) in [6.07, 6.45) is 5.68. The molecule has 2 aliphatic heterocycles. The fourth-order valence-corrected chi connectivity index (χ4v) is 5.22. The van der Waals surface area contributed by atoms with Gasteiger partial charge >= 0.3 is 0 Å². The van der Waals surface area contributed by atoms with Crippen molar-refractivity contribution in [1.82, 2.24) is 19.4 Å². The maximum absolute atomic E-state index is 13.6. The summed E-state index contributed by atoms with van der Waals surface area (Å²) in [5.41, 5.74) is 3.17. The summed E-state index contributed by atoms with van der Waals surface area (Å²) in [5.74, 6) is -0.0688. The second-order valence-electron chi connectivity index (χ2n) is 9.41. The third-order valence-corrected chi connectivity index (χ3v) is 7.20. The van der Waals surface area contributed by atoms with Gasteiger partial charge in [-0.2, -0.15) is 0 Å². The Morgan fingerprint density at radius 1 is 0.917 bits per heavy atom. The quantitative estimate of drug-likeness (QED) is 0.413. The molecule has 0 spiro atoms. The number of nitrogens with zero attached hydrogens (tertiary/aromatic N) is 4. The van der Waals surface area contributed by atoms with Crippen molar-refractivity contribution in [3.8, 4) is 0 Å². The number of carbonyl (C=O) groups is 1. The van der Waals surface area contributed by atoms with Crippen molar-refractivity contribution < 1.29 is 14.3 Å². The van der Waals surface area contributed by atoms with Crippen LogP contribution in [0.25, 0.3) is 21.7 Å². The highest BCUT2D eigenvalue weighted by Crippen LogP contribution is 2.28. The minimum absolute atomic E-state index is 0.0107. The van der Waals surface area contributed by atoms with Gasteiger partial charge in [0.25, 0.3) is 11.5 Å². The molecule has 0 radical (unpaired) electrons. The summed E-state index contributed by atoms with van der Waals surface area (Å²) in [6, 6.07) is 13.9. The topological polar surface area (TPSA) is 86.5 Å². The van der Waals surface area contributed by atoms with Gasteiger partial charge < -0.3 is 14.4 Å². The molecule has 8 heteroatoms. The number of ether oxygens (including phenoxy) is 2. The van der Waals surface area contributed by atoms with Gasteiger partial charge in [-0.05, 0) is 47.9 Å². The molecule has 0 atom stereocenters. The lowest BCUT2D eigenvalue weighted by molar-refractivity contribution is 0.0299. The highest BCUT2D eigenvalue weighted by atomic mass is 16.5. The van der Waals surface area contributed by atoms with E-state index in [0.29, 0.717) is 57.0 Å². The fourth-order valence-electron chi connectivity index (χ4n) is 5.22. The van der Waals surface area contributed by atoms with E-state index in [0.717, 1.165) is 40.3 Å². The van der Waals surface area contributed by atoms with Crippen LogP contribution >= 0.6 is 0 Å². The Labute approximate surface area is 208 Å². The second kappa shape index (κ2) is 9.79. The molecular weight excluding hydrogens is 456 g/mol. The lowest BCUT2D eigenvalue weighted by atomic mass is 9.96. The van der Waals surface area contributed by atoms with Crippen LogP contribution in [0.1, 0.15) is 40.5 Å². The Bertz CT molecular complexity index is 1470. The van der Waals surface area contributed by atoms with Crippen molar-refractivity contribution in [2.75, 3.05) is 39.5 Å². The molecule has 0 saturated carbocycles. The predicted molar refractivity (Wildman–Crippen MR) is 136 cm³/mol. The molecule has 4 heterocycles. The number of rotatable bonds is 4. The van der Waals surface area contributed by atoms with Gasteiger partial charge in [0.1, 0.15) is 5.69 Å². The lowest BCUT2D eigenvalue weighted by Crippen LogP contribution is -2.41. The van der Waals surface area contributed by atoms with Crippen molar-refractivity contribution in [3.63, 3.8) is 0 Å². The molecule has 0 N–H and O–H groups in total. The zero-order valence-corrected chi connectivity index (χ0v) is 20.1. The first kappa shape index (κ1) is 22.8. The Morgan fingerprint density at radius 2 is 1.67 bits per heavy atom. The largest absolute Gasteiger partial charge is 0.381 e. The van der Waals surface area contributed by atoms with E-state index in [-0.39, 0.29) is 17.5 Å². The van der Waals surface area contributed by atoms with E-state index in [1.54, 1.807) is 28.1 Å². The first-order valence-corrected chi connectivity index (χ1v) is 12.5. The Morgan fingerprint density at radius 3 is 2.42 bits per heavy atom. The van der Waals surface area contributed by atoms with Crippen LogP contribution in [0.15, 0.2) is 59.8 Å². The molecule has 1 amide bonds. The summed E-state index contributed by atoms with van der Waals surface area (Å²) in [4.78, 5) is 37.3. The van der Waals surface area contributed by atoms with Crippen LogP contribution in [-0.4, -0.2) is 64.9 Å². The number of hydrogen-bond acceptors (Lipinski definition) is 6. The molecule has 4 aromatic rings. The first-order chi connectivity index (χ1) is 17.7. The molecule has 2 aromatic carbocycles. The summed E-state index contributed by atoms with van der Waals surface area (Å²) in [6.45, 7) is 3.62. The van der Waals surface area contributed by atoms with Crippen LogP contribution in [0.2, 0.25) is 0 Å². The summed E-state index contributed by atoms with van der Waals surface area (Å²) in [7, 11) is 0. The highest BCUT2D eigenvalue weighted by Gasteiger charge is 2.21. The van der Waals surface area contributed by atoms with Gasteiger partial charge in [0.15, 0.2) is 0 Å². The zero-order chi connectivity index (χ0) is 24.5. The molecule has 6 rings (SSSR count). The molecule has 2 saturated heterocycles. The Balaban J connectivity index is 1.35. The van der Waals surface area contributed by atoms with E-state index in [4.69, 9.17) is 14.5 Å². The van der Waals surface area contributed by atoms with E-state index in [1.807, 2.05) is 30.3 Å². The Hall–Kier alpha value is -3.62. The molecule has 2 aromatic heterocycles. The van der Waals surface area contributed by atoms with Crippen LogP contribution in [0.4, 0.5) is 0 Å². The average molecular weight is 485 g/mol. The van der Waals surface area contributed by atoms with Crippen molar-refractivity contribution in [2.24, 2.45) is 0 Å². The maximum Gasteiger partial charge on any atom is 0.272 e. The zero-order valence-electron chi connectivity index (χ0n) is 20.1. The normalized spacial score (nSPS) is 17.1. The summed E-state index contributed by atoms with van der Waals surface area (Å²) < 4.78 is 12.6. The van der Waals surface area contributed by atoms with E-state index in [1.165, 1.54) is 0 Å². The molecule has 0 bridgehead atoms. The van der Waals surface area contributed by atoms with Gasteiger partial charge in [-0.3, -0.25) is 19.1 Å². The summed E-state index contributed by atoms with van der Waals surface area (Å²) >= 11 is 0. The standard InChI is InChI=1S/C28H28N4O4/c33-27-24-16-20(15-19-5-6-25(29-17-19)28(34)31-9-13-36-14-10-31)22-3-1-2-4-23(22)26(24)30-18-32(27)21-7-11-35-12-8-21/h1-6,16-18,21H,7-15H2. The third-order valence-electron chi connectivity index (χ3n) is 7.20. The fraction of sp³-hybridized carbons (Fsp3) is 0.357. The maximum atomic E-state index is 13.6. The number of pyridine rings is 1.